The van der Waals surface area contributed by atoms with Crippen molar-refractivity contribution >= 4 is 43.6 Å². The molecule has 0 atom stereocenters. The summed E-state index contributed by atoms with van der Waals surface area (Å²) in [6, 6.07) is 59.0. The van der Waals surface area contributed by atoms with Crippen LogP contribution in [0.2, 0.25) is 0 Å². The number of benzene rings is 7. The van der Waals surface area contributed by atoms with Gasteiger partial charge in [-0.2, -0.15) is 9.13 Å². The predicted octanol–water partition coefficient (Wildman–Crippen LogP) is 10.6. The molecular weight excluding hydrogens is 967 g/mol. The summed E-state index contributed by atoms with van der Waals surface area (Å²) in [7, 11) is 4.25. The van der Waals surface area contributed by atoms with Crippen LogP contribution in [0, 0.1) is 0 Å². The van der Waals surface area contributed by atoms with Gasteiger partial charge in [0.05, 0.1) is 93.7 Å². The van der Waals surface area contributed by atoms with E-state index in [0.717, 1.165) is 46.9 Å². The topological polar surface area (TPSA) is 112 Å². The van der Waals surface area contributed by atoms with Gasteiger partial charge in [0.25, 0.3) is 0 Å². The molecule has 3 aromatic heterocycles. The van der Waals surface area contributed by atoms with Crippen molar-refractivity contribution in [3.63, 3.8) is 0 Å². The number of hydrogen-bond acceptors (Lipinski definition) is 10. The largest absolute Gasteiger partial charge is 0.491 e. The van der Waals surface area contributed by atoms with Gasteiger partial charge in [0.1, 0.15) is 56.9 Å². The van der Waals surface area contributed by atoms with E-state index in [4.69, 9.17) is 37.9 Å². The van der Waals surface area contributed by atoms with E-state index in [0.29, 0.717) is 92.4 Å². The number of para-hydroxylation sites is 4. The molecule has 0 aliphatic carbocycles. The molecule has 3 heterocycles. The zero-order valence-electron chi connectivity index (χ0n) is 44.1. The number of fused-ring (bicyclic) bond motifs is 4. The maximum Gasteiger partial charge on any atom is 0.213 e. The first-order valence-electron chi connectivity index (χ1n) is 26.6. The molecule has 7 aromatic carbocycles. The zero-order chi connectivity index (χ0) is 52.4. The maximum atomic E-state index is 5.99. The lowest BCUT2D eigenvalue weighted by Gasteiger charge is -2.12. The summed E-state index contributed by atoms with van der Waals surface area (Å²) in [5.74, 6) is 2.41. The second-order valence-corrected chi connectivity index (χ2v) is 18.8. The molecule has 0 aliphatic rings. The Balaban J connectivity index is 0.521. The molecule has 0 aliphatic heterocycles. The molecule has 0 amide bonds. The number of pyridine rings is 2. The van der Waals surface area contributed by atoms with Crippen molar-refractivity contribution in [3.8, 4) is 39.5 Å². The van der Waals surface area contributed by atoms with Crippen molar-refractivity contribution in [3.05, 3.63) is 187 Å². The third-order valence-electron chi connectivity index (χ3n) is 13.6. The minimum absolute atomic E-state index is 0.331. The zero-order valence-corrected chi connectivity index (χ0v) is 44.1. The van der Waals surface area contributed by atoms with Gasteiger partial charge in [-0.15, -0.1) is 5.10 Å². The molecule has 0 fully saturated rings. The first-order chi connectivity index (χ1) is 38.1. The lowest BCUT2D eigenvalue weighted by molar-refractivity contribution is -0.617. The van der Waals surface area contributed by atoms with Gasteiger partial charge < -0.3 is 37.9 Å². The minimum Gasteiger partial charge on any atom is -0.491 e. The van der Waals surface area contributed by atoms with Crippen molar-refractivity contribution in [2.45, 2.75) is 26.0 Å². The number of aryl methyl sites for hydroxylation is 3. The molecule has 13 heteroatoms. The summed E-state index contributed by atoms with van der Waals surface area (Å²) in [5.41, 5.74) is 11.5. The molecule has 0 radical (unpaired) electrons. The Bertz CT molecular complexity index is 3360. The highest BCUT2D eigenvalue weighted by Crippen LogP contribution is 2.36. The van der Waals surface area contributed by atoms with Gasteiger partial charge in [0.15, 0.2) is 0 Å². The molecule has 0 bridgehead atoms. The highest BCUT2D eigenvalue weighted by Gasteiger charge is 2.20. The Morgan fingerprint density at radius 2 is 0.766 bits per heavy atom. The highest BCUT2D eigenvalue weighted by molar-refractivity contribution is 6.08. The van der Waals surface area contributed by atoms with Crippen LogP contribution in [0.4, 0.5) is 0 Å². The van der Waals surface area contributed by atoms with Gasteiger partial charge in [-0.3, -0.25) is 0 Å². The summed E-state index contributed by atoms with van der Waals surface area (Å²) in [6.07, 6.45) is 3.72. The van der Waals surface area contributed by atoms with Crippen LogP contribution in [0.25, 0.3) is 65.9 Å². The lowest BCUT2D eigenvalue weighted by atomic mass is 9.96. The second kappa shape index (κ2) is 26.8. The molecule has 13 nitrogen and oxygen atoms in total. The molecule has 394 valence electrons. The van der Waals surface area contributed by atoms with E-state index in [-0.39, 0.29) is 0 Å². The maximum absolute atomic E-state index is 5.99. The van der Waals surface area contributed by atoms with Crippen LogP contribution in [-0.4, -0.2) is 94.3 Å². The summed E-state index contributed by atoms with van der Waals surface area (Å²) in [4.78, 5) is 0. The SMILES string of the molecule is C[n+]1c2ccccc2c(-c2ccc(OCCOCCOCCOCCCc3ccc(OCc4cn(CCOCCOCCOc5ccc(-c6c7ccccc7[n+](C)c7ccccc67)cc5)nn4)cc3)cc2)c2ccccc21. The van der Waals surface area contributed by atoms with Gasteiger partial charge in [-0.25, -0.2) is 4.68 Å². The Morgan fingerprint density at radius 1 is 0.390 bits per heavy atom. The summed E-state index contributed by atoms with van der Waals surface area (Å²) in [5, 5.41) is 13.4. The standard InChI is InChI=1S/C64H67N5O8/c1-67-59-17-7-3-13-55(59)63(56-14-4-8-18-60(56)67)49-23-29-52(30-24-49)75-44-42-73-39-37-71-35-33-69-46-51(65-66-69)47-77-54-27-21-48(22-28-54)12-11-34-70-36-38-72-40-41-74-43-45-76-53-31-25-50(26-32-53)64-57-15-5-9-19-61(57)68(2)62-20-10-6-16-58(62)64/h3-10,13-32,46H,11-12,33-45,47H2,1-2H3/q+2. The molecule has 0 unspecified atom stereocenters. The van der Waals surface area contributed by atoms with Crippen LogP contribution in [0.15, 0.2) is 176 Å². The van der Waals surface area contributed by atoms with E-state index >= 15 is 0 Å². The number of nitrogens with zero attached hydrogens (tertiary/aromatic N) is 5. The van der Waals surface area contributed by atoms with Crippen LogP contribution in [0.5, 0.6) is 17.2 Å². The van der Waals surface area contributed by atoms with E-state index in [2.05, 4.69) is 167 Å². The average molecular weight is 1030 g/mol. The van der Waals surface area contributed by atoms with Crippen molar-refractivity contribution in [2.75, 3.05) is 79.3 Å². The third-order valence-corrected chi connectivity index (χ3v) is 13.6. The Kier molecular flexibility index (Phi) is 18.3. The van der Waals surface area contributed by atoms with Crippen LogP contribution in [0.1, 0.15) is 17.7 Å². The van der Waals surface area contributed by atoms with Gasteiger partial charge in [0, 0.05) is 42.0 Å². The van der Waals surface area contributed by atoms with E-state index in [9.17, 15) is 0 Å². The van der Waals surface area contributed by atoms with Gasteiger partial charge in [-0.1, -0.05) is 90.1 Å². The van der Waals surface area contributed by atoms with Gasteiger partial charge in [0.2, 0.25) is 22.1 Å². The fourth-order valence-corrected chi connectivity index (χ4v) is 9.78. The fraction of sp³-hybridized carbons (Fsp3) is 0.281. The minimum atomic E-state index is 0.331. The molecule has 10 aromatic rings. The molecule has 0 N–H and O–H groups in total. The smallest absolute Gasteiger partial charge is 0.213 e. The third kappa shape index (κ3) is 13.6. The summed E-state index contributed by atoms with van der Waals surface area (Å²) < 4.78 is 53.0. The molecule has 10 rings (SSSR count). The average Bonchev–Trinajstić information content (AvgIpc) is 3.96. The quantitative estimate of drug-likeness (QED) is 0.0255. The Hall–Kier alpha value is -7.78. The fourth-order valence-electron chi connectivity index (χ4n) is 9.78. The number of aromatic nitrogens is 5. The lowest BCUT2D eigenvalue weighted by Crippen LogP contribution is -2.30. The van der Waals surface area contributed by atoms with Crippen LogP contribution in [-0.2, 0) is 57.4 Å². The molecule has 0 saturated carbocycles. The van der Waals surface area contributed by atoms with Crippen LogP contribution >= 0.6 is 0 Å². The van der Waals surface area contributed by atoms with E-state index < -0.39 is 0 Å². The van der Waals surface area contributed by atoms with Crippen LogP contribution < -0.4 is 23.3 Å². The van der Waals surface area contributed by atoms with E-state index in [1.165, 1.54) is 60.3 Å². The number of ether oxygens (including phenoxy) is 8. The van der Waals surface area contributed by atoms with Gasteiger partial charge >= 0.3 is 0 Å². The molecule has 0 spiro atoms. The van der Waals surface area contributed by atoms with Crippen molar-refractivity contribution in [1.29, 1.82) is 0 Å². The van der Waals surface area contributed by atoms with E-state index in [1.54, 1.807) is 4.68 Å². The summed E-state index contributed by atoms with van der Waals surface area (Å²) >= 11 is 0. The highest BCUT2D eigenvalue weighted by atomic mass is 16.6. The van der Waals surface area contributed by atoms with Gasteiger partial charge in [-0.05, 0) is 90.2 Å². The first kappa shape index (κ1) is 52.7. The molecular formula is C64H67N5O8+2. The Morgan fingerprint density at radius 3 is 1.22 bits per heavy atom. The molecule has 0 saturated heterocycles. The van der Waals surface area contributed by atoms with Crippen molar-refractivity contribution in [2.24, 2.45) is 14.1 Å². The number of hydrogen-bond donors (Lipinski definition) is 0. The first-order valence-corrected chi connectivity index (χ1v) is 26.6. The molecule has 77 heavy (non-hydrogen) atoms. The van der Waals surface area contributed by atoms with E-state index in [1.807, 2.05) is 42.6 Å². The van der Waals surface area contributed by atoms with Crippen LogP contribution in [0.3, 0.4) is 0 Å². The Labute approximate surface area is 450 Å². The van der Waals surface area contributed by atoms with Crippen molar-refractivity contribution < 1.29 is 47.0 Å². The predicted molar refractivity (Wildman–Crippen MR) is 300 cm³/mol. The normalized spacial score (nSPS) is 11.6. The number of rotatable bonds is 29. The monoisotopic (exact) mass is 1030 g/mol. The second-order valence-electron chi connectivity index (χ2n) is 18.8. The van der Waals surface area contributed by atoms with Crippen molar-refractivity contribution in [1.82, 2.24) is 15.0 Å². The summed E-state index contributed by atoms with van der Waals surface area (Å²) in [6.45, 7) is 7.00.